The van der Waals surface area contributed by atoms with Crippen molar-refractivity contribution in [1.82, 2.24) is 5.43 Å². The maximum atomic E-state index is 13.5. The molecule has 178 valence electrons. The number of hydrogen-bond acceptors (Lipinski definition) is 5. The van der Waals surface area contributed by atoms with Crippen LogP contribution in [0.3, 0.4) is 0 Å². The summed E-state index contributed by atoms with van der Waals surface area (Å²) in [7, 11) is -3.98. The van der Waals surface area contributed by atoms with Crippen LogP contribution in [0.25, 0.3) is 0 Å². The van der Waals surface area contributed by atoms with Crippen LogP contribution >= 0.6 is 0 Å². The number of anilines is 1. The Morgan fingerprint density at radius 2 is 1.65 bits per heavy atom. The molecule has 0 aliphatic carbocycles. The van der Waals surface area contributed by atoms with Crippen LogP contribution in [0.15, 0.2) is 82.8 Å². The number of hydrazone groups is 1. The quantitative estimate of drug-likeness (QED) is 0.363. The molecule has 0 saturated heterocycles. The topological polar surface area (TPSA) is 88.1 Å². The normalized spacial score (nSPS) is 11.7. The summed E-state index contributed by atoms with van der Waals surface area (Å²) in [5, 5.41) is 4.17. The predicted molar refractivity (Wildman–Crippen MR) is 135 cm³/mol. The molecule has 0 atom stereocenters. The van der Waals surface area contributed by atoms with E-state index in [0.29, 0.717) is 18.0 Å². The highest BCUT2D eigenvalue weighted by molar-refractivity contribution is 7.92. The Bertz CT molecular complexity index is 1270. The van der Waals surface area contributed by atoms with Gasteiger partial charge in [-0.05, 0) is 86.8 Å². The standard InChI is InChI=1S/C26H29N3O4S/c1-5-33-23-16-14-22(15-17-23)21(4)27-28-26(30)18-29(25-13-9-10-19(2)20(25)3)34(31,32)24-11-7-6-8-12-24/h6-17H,5,18H2,1-4H3,(H,28,30). The van der Waals surface area contributed by atoms with E-state index < -0.39 is 22.5 Å². The van der Waals surface area contributed by atoms with Gasteiger partial charge in [-0.25, -0.2) is 13.8 Å². The Hall–Kier alpha value is -3.65. The summed E-state index contributed by atoms with van der Waals surface area (Å²) in [6, 6.07) is 20.8. The van der Waals surface area contributed by atoms with Gasteiger partial charge in [-0.1, -0.05) is 30.3 Å². The van der Waals surface area contributed by atoms with Gasteiger partial charge in [0.2, 0.25) is 0 Å². The van der Waals surface area contributed by atoms with E-state index in [1.807, 2.05) is 51.1 Å². The zero-order valence-electron chi connectivity index (χ0n) is 19.8. The number of nitrogens with zero attached hydrogens (tertiary/aromatic N) is 2. The highest BCUT2D eigenvalue weighted by atomic mass is 32.2. The molecule has 3 aromatic carbocycles. The first-order chi connectivity index (χ1) is 16.2. The van der Waals surface area contributed by atoms with Gasteiger partial charge < -0.3 is 4.74 Å². The lowest BCUT2D eigenvalue weighted by Gasteiger charge is -2.26. The number of amides is 1. The van der Waals surface area contributed by atoms with Crippen LogP contribution in [-0.4, -0.2) is 33.2 Å². The molecule has 0 aromatic heterocycles. The van der Waals surface area contributed by atoms with E-state index >= 15 is 0 Å². The SMILES string of the molecule is CCOc1ccc(C(C)=NNC(=O)CN(c2cccc(C)c2C)S(=O)(=O)c2ccccc2)cc1. The molecule has 3 aromatic rings. The van der Waals surface area contributed by atoms with Crippen molar-refractivity contribution in [2.45, 2.75) is 32.6 Å². The Kier molecular flexibility index (Phi) is 8.07. The number of carbonyl (C=O) groups is 1. The number of aryl methyl sites for hydroxylation is 1. The van der Waals surface area contributed by atoms with E-state index in [-0.39, 0.29) is 4.90 Å². The van der Waals surface area contributed by atoms with Gasteiger partial charge in [0.15, 0.2) is 0 Å². The number of benzene rings is 3. The van der Waals surface area contributed by atoms with E-state index in [9.17, 15) is 13.2 Å². The van der Waals surface area contributed by atoms with Crippen LogP contribution in [0.2, 0.25) is 0 Å². The second-order valence-corrected chi connectivity index (χ2v) is 9.60. The fraction of sp³-hybridized carbons (Fsp3) is 0.231. The zero-order chi connectivity index (χ0) is 24.7. The number of nitrogens with one attached hydrogen (secondary N) is 1. The monoisotopic (exact) mass is 479 g/mol. The minimum atomic E-state index is -3.98. The van der Waals surface area contributed by atoms with Gasteiger partial charge in [0, 0.05) is 0 Å². The smallest absolute Gasteiger partial charge is 0.264 e. The minimum Gasteiger partial charge on any atom is -0.494 e. The summed E-state index contributed by atoms with van der Waals surface area (Å²) >= 11 is 0. The molecular formula is C26H29N3O4S. The van der Waals surface area contributed by atoms with E-state index in [4.69, 9.17) is 4.74 Å². The molecule has 0 heterocycles. The molecular weight excluding hydrogens is 450 g/mol. The van der Waals surface area contributed by atoms with Crippen molar-refractivity contribution in [3.8, 4) is 5.75 Å². The van der Waals surface area contributed by atoms with Crippen molar-refractivity contribution in [2.75, 3.05) is 17.5 Å². The van der Waals surface area contributed by atoms with Crippen molar-refractivity contribution in [2.24, 2.45) is 5.10 Å². The number of sulfonamides is 1. The summed E-state index contributed by atoms with van der Waals surface area (Å²) in [4.78, 5) is 12.9. The van der Waals surface area contributed by atoms with Crippen LogP contribution < -0.4 is 14.5 Å². The third kappa shape index (κ3) is 5.82. The lowest BCUT2D eigenvalue weighted by Crippen LogP contribution is -2.40. The first-order valence-corrected chi connectivity index (χ1v) is 12.4. The Morgan fingerprint density at radius 3 is 2.29 bits per heavy atom. The lowest BCUT2D eigenvalue weighted by atomic mass is 10.1. The maximum absolute atomic E-state index is 13.5. The summed E-state index contributed by atoms with van der Waals surface area (Å²) in [6.45, 7) is 7.57. The van der Waals surface area contributed by atoms with Crippen molar-refractivity contribution in [3.63, 3.8) is 0 Å². The van der Waals surface area contributed by atoms with Crippen molar-refractivity contribution in [3.05, 3.63) is 89.5 Å². The molecule has 0 aliphatic heterocycles. The largest absolute Gasteiger partial charge is 0.494 e. The van der Waals surface area contributed by atoms with Crippen molar-refractivity contribution in [1.29, 1.82) is 0 Å². The van der Waals surface area contributed by atoms with E-state index in [1.165, 1.54) is 12.1 Å². The van der Waals surface area contributed by atoms with Gasteiger partial charge in [0.1, 0.15) is 12.3 Å². The lowest BCUT2D eigenvalue weighted by molar-refractivity contribution is -0.119. The maximum Gasteiger partial charge on any atom is 0.264 e. The average Bonchev–Trinajstić information content (AvgIpc) is 2.84. The number of ether oxygens (including phenoxy) is 1. The number of rotatable bonds is 9. The van der Waals surface area contributed by atoms with Crippen molar-refractivity contribution < 1.29 is 17.9 Å². The van der Waals surface area contributed by atoms with E-state index in [0.717, 1.165) is 26.7 Å². The van der Waals surface area contributed by atoms with Crippen LogP contribution in [0, 0.1) is 13.8 Å². The molecule has 0 spiro atoms. The van der Waals surface area contributed by atoms with Crippen LogP contribution in [0.5, 0.6) is 5.75 Å². The van der Waals surface area contributed by atoms with Crippen LogP contribution in [0.1, 0.15) is 30.5 Å². The molecule has 8 heteroatoms. The van der Waals surface area contributed by atoms with E-state index in [2.05, 4.69) is 10.5 Å². The number of carbonyl (C=O) groups excluding carboxylic acids is 1. The molecule has 1 N–H and O–H groups in total. The molecule has 1 amide bonds. The van der Waals surface area contributed by atoms with Crippen molar-refractivity contribution >= 4 is 27.3 Å². The molecule has 7 nitrogen and oxygen atoms in total. The Morgan fingerprint density at radius 1 is 0.971 bits per heavy atom. The van der Waals surface area contributed by atoms with Gasteiger partial charge in [-0.2, -0.15) is 5.10 Å². The molecule has 0 bridgehead atoms. The zero-order valence-corrected chi connectivity index (χ0v) is 20.6. The summed E-state index contributed by atoms with van der Waals surface area (Å²) < 4.78 is 33.5. The second-order valence-electron chi connectivity index (χ2n) is 7.73. The van der Waals surface area contributed by atoms with E-state index in [1.54, 1.807) is 37.3 Å². The third-order valence-electron chi connectivity index (χ3n) is 5.39. The van der Waals surface area contributed by atoms with Gasteiger partial charge in [0.05, 0.1) is 22.9 Å². The fourth-order valence-electron chi connectivity index (χ4n) is 3.36. The third-order valence-corrected chi connectivity index (χ3v) is 7.17. The van der Waals surface area contributed by atoms with Gasteiger partial charge in [-0.15, -0.1) is 0 Å². The molecule has 3 rings (SSSR count). The summed E-state index contributed by atoms with van der Waals surface area (Å²) in [5.74, 6) is 0.198. The summed E-state index contributed by atoms with van der Waals surface area (Å²) in [6.07, 6.45) is 0. The highest BCUT2D eigenvalue weighted by Crippen LogP contribution is 2.28. The van der Waals surface area contributed by atoms with Gasteiger partial charge in [-0.3, -0.25) is 9.10 Å². The Labute approximate surface area is 201 Å². The average molecular weight is 480 g/mol. The molecule has 0 radical (unpaired) electrons. The minimum absolute atomic E-state index is 0.109. The predicted octanol–water partition coefficient (Wildman–Crippen LogP) is 4.44. The Balaban J connectivity index is 1.85. The van der Waals surface area contributed by atoms with Crippen LogP contribution in [-0.2, 0) is 14.8 Å². The highest BCUT2D eigenvalue weighted by Gasteiger charge is 2.28. The first-order valence-electron chi connectivity index (χ1n) is 10.9. The summed E-state index contributed by atoms with van der Waals surface area (Å²) in [5.41, 5.74) is 6.04. The molecule has 0 saturated carbocycles. The molecule has 34 heavy (non-hydrogen) atoms. The second kappa shape index (κ2) is 11.0. The van der Waals surface area contributed by atoms with Gasteiger partial charge in [0.25, 0.3) is 15.9 Å². The molecule has 0 unspecified atom stereocenters. The van der Waals surface area contributed by atoms with Gasteiger partial charge >= 0.3 is 0 Å². The molecule has 0 aliphatic rings. The molecule has 0 fully saturated rings. The fourth-order valence-corrected chi connectivity index (χ4v) is 4.86. The first kappa shape index (κ1) is 25.0. The number of hydrogen-bond donors (Lipinski definition) is 1. The van der Waals surface area contributed by atoms with Crippen LogP contribution in [0.4, 0.5) is 5.69 Å².